The van der Waals surface area contributed by atoms with Crippen LogP contribution in [0.15, 0.2) is 58.5 Å². The molecule has 0 aliphatic heterocycles. The lowest BCUT2D eigenvalue weighted by Crippen LogP contribution is -2.16. The van der Waals surface area contributed by atoms with Crippen LogP contribution in [0.5, 0.6) is 0 Å². The van der Waals surface area contributed by atoms with Crippen molar-refractivity contribution in [3.05, 3.63) is 59.7 Å². The maximum atomic E-state index is 11.8. The van der Waals surface area contributed by atoms with Crippen LogP contribution < -0.4 is 10.6 Å². The summed E-state index contributed by atoms with van der Waals surface area (Å²) in [6.07, 6.45) is 2.71. The molecule has 0 radical (unpaired) electrons. The predicted molar refractivity (Wildman–Crippen MR) is 116 cm³/mol. The van der Waals surface area contributed by atoms with Crippen LogP contribution in [0.2, 0.25) is 0 Å². The van der Waals surface area contributed by atoms with E-state index in [9.17, 15) is 19.2 Å². The van der Waals surface area contributed by atoms with Crippen molar-refractivity contribution < 1.29 is 28.7 Å². The molecule has 0 aliphatic rings. The zero-order valence-electron chi connectivity index (χ0n) is 17.2. The molecule has 0 unspecified atom stereocenters. The Morgan fingerprint density at radius 1 is 0.750 bits per heavy atom. The topological polar surface area (TPSA) is 136 Å². The molecule has 32 heavy (non-hydrogen) atoms. The van der Waals surface area contributed by atoms with Crippen LogP contribution in [0.1, 0.15) is 24.0 Å². The van der Waals surface area contributed by atoms with Crippen molar-refractivity contribution in [3.63, 3.8) is 0 Å². The fourth-order valence-corrected chi connectivity index (χ4v) is 2.58. The molecule has 2 rings (SSSR count). The molecule has 0 saturated heterocycles. The molecule has 2 aromatic carbocycles. The van der Waals surface area contributed by atoms with Crippen LogP contribution >= 0.6 is 0 Å². The summed E-state index contributed by atoms with van der Waals surface area (Å²) in [5, 5.41) is 5.18. The van der Waals surface area contributed by atoms with Crippen molar-refractivity contribution >= 4 is 35.7 Å². The van der Waals surface area contributed by atoms with Gasteiger partial charge in [0.05, 0.1) is 26.3 Å². The van der Waals surface area contributed by atoms with E-state index >= 15 is 0 Å². The quantitative estimate of drug-likeness (QED) is 0.310. The number of hydrogen-bond donors (Lipinski definition) is 2. The normalized spacial score (nSPS) is 9.62. The summed E-state index contributed by atoms with van der Waals surface area (Å²) < 4.78 is 10.2. The van der Waals surface area contributed by atoms with E-state index in [-0.39, 0.29) is 26.3 Å². The van der Waals surface area contributed by atoms with Gasteiger partial charge in [0, 0.05) is 11.4 Å². The molecule has 0 aromatic heterocycles. The first-order valence-electron chi connectivity index (χ1n) is 9.73. The first-order valence-corrected chi connectivity index (χ1v) is 9.73. The van der Waals surface area contributed by atoms with Gasteiger partial charge in [0.2, 0.25) is 12.2 Å². The van der Waals surface area contributed by atoms with Crippen LogP contribution in [0, 0.1) is 0 Å². The zero-order chi connectivity index (χ0) is 23.0. The molecule has 10 nitrogen and oxygen atoms in total. The Hall–Kier alpha value is -4.26. The van der Waals surface area contributed by atoms with Gasteiger partial charge < -0.3 is 9.47 Å². The lowest BCUT2D eigenvalue weighted by atomic mass is 10.2. The highest BCUT2D eigenvalue weighted by atomic mass is 16.6. The number of anilines is 2. The molecule has 2 aromatic rings. The molecule has 0 bridgehead atoms. The number of isocyanates is 2. The van der Waals surface area contributed by atoms with Crippen LogP contribution in [-0.2, 0) is 32.2 Å². The highest BCUT2D eigenvalue weighted by molar-refractivity contribution is 5.85. The first kappa shape index (κ1) is 24.0. The minimum absolute atomic E-state index is 0.158. The van der Waals surface area contributed by atoms with E-state index in [1.54, 1.807) is 48.5 Å². The maximum absolute atomic E-state index is 11.8. The number of amides is 2. The lowest BCUT2D eigenvalue weighted by molar-refractivity contribution is 0.143. The van der Waals surface area contributed by atoms with E-state index in [2.05, 4.69) is 20.6 Å². The fourth-order valence-electron chi connectivity index (χ4n) is 2.58. The Balaban J connectivity index is 1.60. The van der Waals surface area contributed by atoms with Crippen molar-refractivity contribution in [2.24, 2.45) is 9.98 Å². The second-order valence-corrected chi connectivity index (χ2v) is 6.44. The number of carbonyl (C=O) groups excluding carboxylic acids is 4. The predicted octanol–water partition coefficient (Wildman–Crippen LogP) is 3.94. The number of ether oxygens (including phenoxy) is 2. The van der Waals surface area contributed by atoms with E-state index < -0.39 is 12.2 Å². The molecule has 0 aliphatic carbocycles. The number of nitrogens with zero attached hydrogens (tertiary/aromatic N) is 2. The number of hydrogen-bond acceptors (Lipinski definition) is 8. The summed E-state index contributed by atoms with van der Waals surface area (Å²) in [5.74, 6) is 0. The number of aliphatic imine (C=N–C) groups is 2. The molecular weight excluding hydrogens is 416 g/mol. The van der Waals surface area contributed by atoms with Crippen LogP contribution in [0.4, 0.5) is 21.0 Å². The maximum Gasteiger partial charge on any atom is 0.411 e. The van der Waals surface area contributed by atoms with Gasteiger partial charge in [-0.25, -0.2) is 29.2 Å². The Morgan fingerprint density at radius 3 is 1.59 bits per heavy atom. The number of carbonyl (C=O) groups is 2. The summed E-state index contributed by atoms with van der Waals surface area (Å²) in [7, 11) is 0. The van der Waals surface area contributed by atoms with Crippen LogP contribution in [0.25, 0.3) is 0 Å². The Bertz CT molecular complexity index is 931. The van der Waals surface area contributed by atoms with E-state index in [1.807, 2.05) is 0 Å². The van der Waals surface area contributed by atoms with Crippen molar-refractivity contribution in [1.29, 1.82) is 0 Å². The number of rotatable bonds is 11. The largest absolute Gasteiger partial charge is 0.449 e. The summed E-state index contributed by atoms with van der Waals surface area (Å²) in [5.41, 5.74) is 2.55. The third-order valence-electron chi connectivity index (χ3n) is 4.00. The second kappa shape index (κ2) is 13.9. The molecule has 0 heterocycles. The zero-order valence-corrected chi connectivity index (χ0v) is 17.2. The van der Waals surface area contributed by atoms with Gasteiger partial charge in [0.1, 0.15) is 0 Å². The molecule has 10 heteroatoms. The Labute approximate surface area is 184 Å². The molecule has 0 spiro atoms. The van der Waals surface area contributed by atoms with Crippen molar-refractivity contribution in [3.8, 4) is 0 Å². The first-order chi connectivity index (χ1) is 15.6. The van der Waals surface area contributed by atoms with Gasteiger partial charge in [-0.05, 0) is 48.2 Å². The lowest BCUT2D eigenvalue weighted by Gasteiger charge is -2.09. The van der Waals surface area contributed by atoms with Gasteiger partial charge in [-0.2, -0.15) is 0 Å². The molecule has 0 atom stereocenters. The van der Waals surface area contributed by atoms with Gasteiger partial charge in [0.25, 0.3) is 0 Å². The monoisotopic (exact) mass is 438 g/mol. The summed E-state index contributed by atoms with van der Waals surface area (Å²) in [6.45, 7) is 0.681. The minimum atomic E-state index is -0.613. The highest BCUT2D eigenvalue weighted by Crippen LogP contribution is 2.13. The summed E-state index contributed by atoms with van der Waals surface area (Å²) in [4.78, 5) is 51.0. The molecule has 2 amide bonds. The van der Waals surface area contributed by atoms with Gasteiger partial charge in [0.15, 0.2) is 0 Å². The van der Waals surface area contributed by atoms with Crippen LogP contribution in [-0.4, -0.2) is 37.6 Å². The average molecular weight is 438 g/mol. The number of benzene rings is 2. The standard InChI is InChI=1S/C22H22N4O6/c27-15-23-13-17-5-3-7-19(11-17)25-21(29)31-9-1-2-10-32-22(30)26-20-8-4-6-18(12-20)14-24-16-28/h3-8,11-12H,1-2,9-10,13-14H2,(H,25,29)(H,26,30). The number of unbranched alkanes of at least 4 members (excludes halogenated alkanes) is 1. The molecule has 166 valence electrons. The third-order valence-corrected chi connectivity index (χ3v) is 4.00. The highest BCUT2D eigenvalue weighted by Gasteiger charge is 2.06. The molecular formula is C22H22N4O6. The van der Waals surface area contributed by atoms with Crippen molar-refractivity contribution in [1.82, 2.24) is 0 Å². The summed E-state index contributed by atoms with van der Waals surface area (Å²) >= 11 is 0. The van der Waals surface area contributed by atoms with E-state index in [4.69, 9.17) is 9.47 Å². The average Bonchev–Trinajstić information content (AvgIpc) is 2.79. The Morgan fingerprint density at radius 2 is 1.19 bits per heavy atom. The Kier molecular flexibility index (Phi) is 10.4. The van der Waals surface area contributed by atoms with Gasteiger partial charge in [-0.1, -0.05) is 24.3 Å². The van der Waals surface area contributed by atoms with E-state index in [1.165, 1.54) is 12.2 Å². The summed E-state index contributed by atoms with van der Waals surface area (Å²) in [6, 6.07) is 13.7. The molecule has 2 N–H and O–H groups in total. The van der Waals surface area contributed by atoms with E-state index in [0.717, 1.165) is 11.1 Å². The van der Waals surface area contributed by atoms with E-state index in [0.29, 0.717) is 24.2 Å². The third kappa shape index (κ3) is 9.49. The van der Waals surface area contributed by atoms with Crippen LogP contribution in [0.3, 0.4) is 0 Å². The SMILES string of the molecule is O=C=NCc1cccc(NC(=O)OCCCCOC(=O)Nc2cccc(CN=C=O)c2)c1. The van der Waals surface area contributed by atoms with Gasteiger partial charge in [-0.15, -0.1) is 0 Å². The smallest absolute Gasteiger partial charge is 0.411 e. The van der Waals surface area contributed by atoms with Crippen molar-refractivity contribution in [2.45, 2.75) is 25.9 Å². The fraction of sp³-hybridized carbons (Fsp3) is 0.273. The number of nitrogens with one attached hydrogen (secondary N) is 2. The van der Waals surface area contributed by atoms with Gasteiger partial charge in [-0.3, -0.25) is 10.6 Å². The molecule has 0 fully saturated rings. The molecule has 0 saturated carbocycles. The van der Waals surface area contributed by atoms with Gasteiger partial charge >= 0.3 is 12.2 Å². The second-order valence-electron chi connectivity index (χ2n) is 6.44. The van der Waals surface area contributed by atoms with Crippen molar-refractivity contribution in [2.75, 3.05) is 23.8 Å². The minimum Gasteiger partial charge on any atom is -0.449 e.